The summed E-state index contributed by atoms with van der Waals surface area (Å²) in [6.07, 6.45) is 0.781. The molecule has 120 valence electrons. The molecule has 0 aliphatic carbocycles. The second-order valence-corrected chi connectivity index (χ2v) is 5.02. The molecule has 1 heterocycles. The lowest BCUT2D eigenvalue weighted by Gasteiger charge is -2.40. The average Bonchev–Trinajstić information content (AvgIpc) is 2.34. The van der Waals surface area contributed by atoms with E-state index in [1.165, 1.54) is 0 Å². The van der Waals surface area contributed by atoms with E-state index in [4.69, 9.17) is 10.2 Å². The third-order valence-electron chi connectivity index (χ3n) is 3.10. The van der Waals surface area contributed by atoms with E-state index in [2.05, 4.69) is 0 Å². The molecule has 0 aromatic heterocycles. The minimum absolute atomic E-state index is 0.152. The summed E-state index contributed by atoms with van der Waals surface area (Å²) < 4.78 is 0. The Morgan fingerprint density at radius 1 is 0.905 bits per heavy atom. The minimum Gasteiger partial charge on any atom is -0.480 e. The Morgan fingerprint density at radius 2 is 1.33 bits per heavy atom. The highest BCUT2D eigenvalue weighted by Crippen LogP contribution is 2.06. The van der Waals surface area contributed by atoms with Crippen molar-refractivity contribution in [3.05, 3.63) is 0 Å². The molecule has 0 aromatic rings. The predicted molar refractivity (Wildman–Crippen MR) is 73.3 cm³/mol. The van der Waals surface area contributed by atoms with E-state index < -0.39 is 11.9 Å². The number of aliphatic carboxylic acids is 2. The quantitative estimate of drug-likeness (QED) is 0.539. The van der Waals surface area contributed by atoms with Crippen molar-refractivity contribution in [2.24, 2.45) is 0 Å². The number of hydrogen-bond acceptors (Lipinski definition) is 7. The van der Waals surface area contributed by atoms with Gasteiger partial charge in [0, 0.05) is 0 Å². The van der Waals surface area contributed by atoms with Crippen LogP contribution in [-0.4, -0.2) is 101 Å². The Labute approximate surface area is 123 Å². The molecular formula is C12H22N4O5. The van der Waals surface area contributed by atoms with Crippen molar-refractivity contribution in [1.29, 1.82) is 0 Å². The van der Waals surface area contributed by atoms with Gasteiger partial charge in [-0.2, -0.15) is 0 Å². The molecule has 2 N–H and O–H groups in total. The largest absolute Gasteiger partial charge is 0.480 e. The summed E-state index contributed by atoms with van der Waals surface area (Å²) >= 11 is 0. The van der Waals surface area contributed by atoms with Gasteiger partial charge in [0.1, 0.15) is 6.29 Å². The molecule has 1 aliphatic rings. The summed E-state index contributed by atoms with van der Waals surface area (Å²) in [7, 11) is 0. The number of hydrogen-bond donors (Lipinski definition) is 2. The van der Waals surface area contributed by atoms with Crippen LogP contribution in [0.4, 0.5) is 0 Å². The highest BCUT2D eigenvalue weighted by molar-refractivity contribution is 5.69. The number of rotatable bonds is 7. The van der Waals surface area contributed by atoms with E-state index in [1.54, 1.807) is 9.80 Å². The van der Waals surface area contributed by atoms with E-state index in [1.807, 2.05) is 16.7 Å². The molecule has 0 radical (unpaired) electrons. The fourth-order valence-corrected chi connectivity index (χ4v) is 2.31. The smallest absolute Gasteiger partial charge is 0.317 e. The first-order valence-corrected chi connectivity index (χ1v) is 6.71. The standard InChI is InChI=1S/C12H22N4O5/c1-2-13-7-14(3-4-17)9-16(6-12(20)21)10-15(8-13)5-11(18)19/h4H,2-3,5-10H2,1H3,(H,18,19)(H,20,21). The topological polar surface area (TPSA) is 105 Å². The van der Waals surface area contributed by atoms with E-state index in [9.17, 15) is 14.4 Å². The Morgan fingerprint density at radius 3 is 1.76 bits per heavy atom. The van der Waals surface area contributed by atoms with Gasteiger partial charge in [-0.25, -0.2) is 0 Å². The third-order valence-corrected chi connectivity index (χ3v) is 3.10. The second kappa shape index (κ2) is 8.67. The summed E-state index contributed by atoms with van der Waals surface area (Å²) in [6.45, 7) is 3.96. The maximum Gasteiger partial charge on any atom is 0.317 e. The highest BCUT2D eigenvalue weighted by atomic mass is 16.4. The molecule has 9 nitrogen and oxygen atoms in total. The molecule has 1 rings (SSSR count). The zero-order valence-electron chi connectivity index (χ0n) is 12.1. The predicted octanol–water partition coefficient (Wildman–Crippen LogP) is -1.57. The molecular weight excluding hydrogens is 280 g/mol. The van der Waals surface area contributed by atoms with Crippen molar-refractivity contribution < 1.29 is 24.6 Å². The van der Waals surface area contributed by atoms with Gasteiger partial charge >= 0.3 is 11.9 Å². The molecule has 0 atom stereocenters. The third kappa shape index (κ3) is 6.63. The van der Waals surface area contributed by atoms with Gasteiger partial charge in [-0.15, -0.1) is 0 Å². The molecule has 1 saturated heterocycles. The molecule has 1 aliphatic heterocycles. The first kappa shape index (κ1) is 17.5. The van der Waals surface area contributed by atoms with Crippen LogP contribution in [0.15, 0.2) is 0 Å². The maximum absolute atomic E-state index is 10.9. The number of carboxylic acids is 2. The number of carboxylic acid groups (broad SMARTS) is 2. The average molecular weight is 302 g/mol. The van der Waals surface area contributed by atoms with Crippen LogP contribution in [-0.2, 0) is 14.4 Å². The van der Waals surface area contributed by atoms with Crippen LogP contribution in [0.25, 0.3) is 0 Å². The fourth-order valence-electron chi connectivity index (χ4n) is 2.31. The van der Waals surface area contributed by atoms with Crippen molar-refractivity contribution in [2.75, 3.05) is 52.9 Å². The van der Waals surface area contributed by atoms with Crippen LogP contribution < -0.4 is 0 Å². The summed E-state index contributed by atoms with van der Waals surface area (Å²) in [5.41, 5.74) is 0. The zero-order chi connectivity index (χ0) is 15.8. The molecule has 0 unspecified atom stereocenters. The van der Waals surface area contributed by atoms with Crippen molar-refractivity contribution in [1.82, 2.24) is 19.6 Å². The van der Waals surface area contributed by atoms with Crippen LogP contribution in [0, 0.1) is 0 Å². The van der Waals surface area contributed by atoms with E-state index in [0.717, 1.165) is 6.29 Å². The molecule has 1 fully saturated rings. The first-order valence-electron chi connectivity index (χ1n) is 6.71. The number of aldehydes is 1. The maximum atomic E-state index is 10.9. The van der Waals surface area contributed by atoms with E-state index in [-0.39, 0.29) is 26.3 Å². The van der Waals surface area contributed by atoms with Gasteiger partial charge in [0.15, 0.2) is 0 Å². The summed E-state index contributed by atoms with van der Waals surface area (Å²) in [5, 5.41) is 17.9. The number of carbonyl (C=O) groups is 3. The normalized spacial score (nSPS) is 19.9. The summed E-state index contributed by atoms with van der Waals surface area (Å²) in [4.78, 5) is 39.7. The van der Waals surface area contributed by atoms with Crippen LogP contribution in [0.5, 0.6) is 0 Å². The van der Waals surface area contributed by atoms with Gasteiger partial charge in [0.05, 0.1) is 46.3 Å². The molecule has 0 bridgehead atoms. The summed E-state index contributed by atoms with van der Waals surface area (Å²) in [5.74, 6) is -1.93. The number of carbonyl (C=O) groups excluding carboxylic acids is 1. The van der Waals surface area contributed by atoms with Crippen LogP contribution >= 0.6 is 0 Å². The first-order chi connectivity index (χ1) is 9.94. The van der Waals surface area contributed by atoms with Crippen LogP contribution in [0.2, 0.25) is 0 Å². The van der Waals surface area contributed by atoms with Crippen molar-refractivity contribution in [2.45, 2.75) is 6.92 Å². The zero-order valence-corrected chi connectivity index (χ0v) is 12.1. The molecule has 21 heavy (non-hydrogen) atoms. The van der Waals surface area contributed by atoms with Crippen molar-refractivity contribution >= 4 is 18.2 Å². The second-order valence-electron chi connectivity index (χ2n) is 5.02. The van der Waals surface area contributed by atoms with Gasteiger partial charge in [0.2, 0.25) is 0 Å². The van der Waals surface area contributed by atoms with Gasteiger partial charge in [-0.3, -0.25) is 29.2 Å². The minimum atomic E-state index is -0.982. The lowest BCUT2D eigenvalue weighted by Crippen LogP contribution is -2.56. The van der Waals surface area contributed by atoms with Crippen LogP contribution in [0.1, 0.15) is 6.92 Å². The molecule has 0 saturated carbocycles. The number of nitrogens with zero attached hydrogens (tertiary/aromatic N) is 4. The van der Waals surface area contributed by atoms with Crippen molar-refractivity contribution in [3.8, 4) is 0 Å². The van der Waals surface area contributed by atoms with Gasteiger partial charge in [-0.1, -0.05) is 6.92 Å². The molecule has 0 spiro atoms. The van der Waals surface area contributed by atoms with E-state index in [0.29, 0.717) is 26.6 Å². The Balaban J connectivity index is 2.80. The Hall–Kier alpha value is -1.55. The van der Waals surface area contributed by atoms with Gasteiger partial charge < -0.3 is 15.0 Å². The van der Waals surface area contributed by atoms with Gasteiger partial charge in [-0.05, 0) is 6.54 Å². The molecule has 0 amide bonds. The fraction of sp³-hybridized carbons (Fsp3) is 0.750. The molecule has 0 aromatic carbocycles. The highest BCUT2D eigenvalue weighted by Gasteiger charge is 2.24. The van der Waals surface area contributed by atoms with Crippen LogP contribution in [0.3, 0.4) is 0 Å². The van der Waals surface area contributed by atoms with Crippen molar-refractivity contribution in [3.63, 3.8) is 0 Å². The van der Waals surface area contributed by atoms with Gasteiger partial charge in [0.25, 0.3) is 0 Å². The van der Waals surface area contributed by atoms with E-state index >= 15 is 0 Å². The SMILES string of the molecule is CCN1CN(CC=O)CN(CC(=O)O)CN(CC(=O)O)C1. The summed E-state index contributed by atoms with van der Waals surface area (Å²) in [6, 6.07) is 0. The monoisotopic (exact) mass is 302 g/mol. The molecule has 9 heteroatoms. The Bertz CT molecular complexity index is 379. The Kier molecular flexibility index (Phi) is 7.23. The lowest BCUT2D eigenvalue weighted by molar-refractivity contribution is -0.143. The lowest BCUT2D eigenvalue weighted by atomic mass is 10.4.